The number of halogens is 2. The number of hydrogen-bond acceptors (Lipinski definition) is 5. The van der Waals surface area contributed by atoms with Gasteiger partial charge in [-0.25, -0.2) is 0 Å². The van der Waals surface area contributed by atoms with Crippen LogP contribution in [0.4, 0.5) is 5.82 Å². The zero-order chi connectivity index (χ0) is 20.2. The number of rotatable bonds is 7. The topological polar surface area (TPSA) is 75.3 Å². The molecule has 0 spiro atoms. The molecule has 0 radical (unpaired) electrons. The van der Waals surface area contributed by atoms with Gasteiger partial charge in [-0.05, 0) is 42.3 Å². The first-order valence-electron chi connectivity index (χ1n) is 9.22. The Morgan fingerprint density at radius 3 is 2.45 bits per heavy atom. The summed E-state index contributed by atoms with van der Waals surface area (Å²) < 4.78 is 1.66. The Kier molecular flexibility index (Phi) is 5.94. The highest BCUT2D eigenvalue weighted by atomic mass is 35.5. The Balaban J connectivity index is 1.60. The molecule has 8 heteroatoms. The third-order valence-electron chi connectivity index (χ3n) is 4.66. The van der Waals surface area contributed by atoms with Gasteiger partial charge in [-0.15, -0.1) is 15.3 Å². The fourth-order valence-corrected chi connectivity index (χ4v) is 3.77. The maximum Gasteiger partial charge on any atom is 0.185 e. The van der Waals surface area contributed by atoms with Gasteiger partial charge in [0.25, 0.3) is 0 Å². The van der Waals surface area contributed by atoms with Gasteiger partial charge in [0.1, 0.15) is 5.82 Å². The highest BCUT2D eigenvalue weighted by Gasteiger charge is 2.14. The van der Waals surface area contributed by atoms with E-state index in [1.807, 2.05) is 30.3 Å². The highest BCUT2D eigenvalue weighted by molar-refractivity contribution is 6.35. The number of aromatic nitrogens is 4. The molecular weight excluding hydrogens is 409 g/mol. The highest BCUT2D eigenvalue weighted by Crippen LogP contribution is 2.26. The largest absolute Gasteiger partial charge is 0.396 e. The van der Waals surface area contributed by atoms with E-state index in [4.69, 9.17) is 23.2 Å². The molecule has 0 aliphatic carbocycles. The van der Waals surface area contributed by atoms with Crippen LogP contribution < -0.4 is 5.32 Å². The average molecular weight is 428 g/mol. The van der Waals surface area contributed by atoms with Crippen molar-refractivity contribution in [1.29, 1.82) is 0 Å². The number of nitrogens with one attached hydrogen (secondary N) is 1. The summed E-state index contributed by atoms with van der Waals surface area (Å²) in [5, 5.41) is 26.9. The van der Waals surface area contributed by atoms with E-state index in [0.29, 0.717) is 40.3 Å². The van der Waals surface area contributed by atoms with Crippen LogP contribution in [-0.2, 0) is 0 Å². The first-order valence-corrected chi connectivity index (χ1v) is 9.98. The van der Waals surface area contributed by atoms with E-state index in [1.165, 1.54) is 5.56 Å². The summed E-state index contributed by atoms with van der Waals surface area (Å²) in [5.74, 6) is 1.42. The first kappa shape index (κ1) is 19.6. The fraction of sp³-hybridized carbons (Fsp3) is 0.190. The minimum Gasteiger partial charge on any atom is -0.396 e. The van der Waals surface area contributed by atoms with Crippen LogP contribution in [0.3, 0.4) is 0 Å². The molecule has 0 aliphatic heterocycles. The number of fused-ring (bicyclic) bond motifs is 1. The van der Waals surface area contributed by atoms with Crippen molar-refractivity contribution < 1.29 is 5.11 Å². The van der Waals surface area contributed by atoms with Crippen LogP contribution in [-0.4, -0.2) is 38.1 Å². The van der Waals surface area contributed by atoms with Gasteiger partial charge in [-0.1, -0.05) is 53.5 Å². The molecule has 0 fully saturated rings. The molecule has 0 saturated heterocycles. The standard InChI is InChI=1S/C21H19Cl2N5O/c22-17-10-16(11-18(23)12-17)21-26-25-20-7-6-19(27-28(20)21)24-13-15(8-9-29)14-4-2-1-3-5-14/h1-7,10-12,15,29H,8-9,13H2,(H,24,27). The van der Waals surface area contributed by atoms with Crippen molar-refractivity contribution in [2.75, 3.05) is 18.5 Å². The Bertz CT molecular complexity index is 1100. The van der Waals surface area contributed by atoms with E-state index in [2.05, 4.69) is 32.7 Å². The third kappa shape index (κ3) is 4.50. The second-order valence-electron chi connectivity index (χ2n) is 6.67. The molecule has 29 heavy (non-hydrogen) atoms. The molecule has 4 aromatic rings. The first-order chi connectivity index (χ1) is 14.1. The van der Waals surface area contributed by atoms with Crippen molar-refractivity contribution in [2.24, 2.45) is 0 Å². The number of anilines is 1. The predicted octanol–water partition coefficient (Wildman–Crippen LogP) is 4.68. The summed E-state index contributed by atoms with van der Waals surface area (Å²) in [7, 11) is 0. The minimum atomic E-state index is 0.124. The zero-order valence-electron chi connectivity index (χ0n) is 15.5. The average Bonchev–Trinajstić information content (AvgIpc) is 3.14. The van der Waals surface area contributed by atoms with Gasteiger partial charge in [0.05, 0.1) is 0 Å². The number of hydrogen-bond donors (Lipinski definition) is 2. The lowest BCUT2D eigenvalue weighted by Gasteiger charge is -2.17. The van der Waals surface area contributed by atoms with Gasteiger partial charge < -0.3 is 10.4 Å². The summed E-state index contributed by atoms with van der Waals surface area (Å²) in [5.41, 5.74) is 2.53. The smallest absolute Gasteiger partial charge is 0.185 e. The summed E-state index contributed by atoms with van der Waals surface area (Å²) >= 11 is 12.3. The van der Waals surface area contributed by atoms with Crippen molar-refractivity contribution in [1.82, 2.24) is 19.8 Å². The van der Waals surface area contributed by atoms with Crippen LogP contribution in [0.2, 0.25) is 10.0 Å². The van der Waals surface area contributed by atoms with E-state index < -0.39 is 0 Å². The van der Waals surface area contributed by atoms with Gasteiger partial charge in [-0.3, -0.25) is 0 Å². The maximum atomic E-state index is 9.43. The normalized spacial score (nSPS) is 12.2. The number of aliphatic hydroxyl groups excluding tert-OH is 1. The van der Waals surface area contributed by atoms with Crippen LogP contribution in [0.1, 0.15) is 17.9 Å². The fourth-order valence-electron chi connectivity index (χ4n) is 3.24. The monoisotopic (exact) mass is 427 g/mol. The molecule has 0 amide bonds. The predicted molar refractivity (Wildman–Crippen MR) is 116 cm³/mol. The molecule has 0 bridgehead atoms. The van der Waals surface area contributed by atoms with E-state index in [0.717, 1.165) is 5.56 Å². The quantitative estimate of drug-likeness (QED) is 0.447. The van der Waals surface area contributed by atoms with Gasteiger partial charge in [0.2, 0.25) is 0 Å². The Morgan fingerprint density at radius 2 is 1.72 bits per heavy atom. The molecular formula is C21H19Cl2N5O. The molecule has 1 unspecified atom stereocenters. The number of aliphatic hydroxyl groups is 1. The minimum absolute atomic E-state index is 0.124. The molecule has 1 atom stereocenters. The van der Waals surface area contributed by atoms with Crippen LogP contribution in [0.25, 0.3) is 17.0 Å². The van der Waals surface area contributed by atoms with Gasteiger partial charge in [-0.2, -0.15) is 4.52 Å². The van der Waals surface area contributed by atoms with E-state index >= 15 is 0 Å². The van der Waals surface area contributed by atoms with Gasteiger partial charge in [0, 0.05) is 34.7 Å². The number of nitrogens with zero attached hydrogens (tertiary/aromatic N) is 4. The molecule has 2 heterocycles. The second-order valence-corrected chi connectivity index (χ2v) is 7.54. The van der Waals surface area contributed by atoms with E-state index in [1.54, 1.807) is 22.7 Å². The van der Waals surface area contributed by atoms with E-state index in [9.17, 15) is 5.11 Å². The van der Waals surface area contributed by atoms with Crippen molar-refractivity contribution >= 4 is 34.7 Å². The van der Waals surface area contributed by atoms with E-state index in [-0.39, 0.29) is 12.5 Å². The van der Waals surface area contributed by atoms with Crippen LogP contribution >= 0.6 is 23.2 Å². The Labute approximate surface area is 178 Å². The number of benzene rings is 2. The molecule has 0 aliphatic rings. The van der Waals surface area contributed by atoms with Crippen molar-refractivity contribution in [3.05, 3.63) is 76.3 Å². The van der Waals surface area contributed by atoms with Crippen molar-refractivity contribution in [2.45, 2.75) is 12.3 Å². The molecule has 2 aromatic heterocycles. The molecule has 6 nitrogen and oxygen atoms in total. The van der Waals surface area contributed by atoms with Crippen LogP contribution in [0.15, 0.2) is 60.7 Å². The second kappa shape index (κ2) is 8.78. The van der Waals surface area contributed by atoms with Crippen LogP contribution in [0.5, 0.6) is 0 Å². The summed E-state index contributed by atoms with van der Waals surface area (Å²) in [6, 6.07) is 19.1. The summed E-state index contributed by atoms with van der Waals surface area (Å²) in [4.78, 5) is 0. The Hall–Kier alpha value is -2.67. The van der Waals surface area contributed by atoms with Crippen LogP contribution in [0, 0.1) is 0 Å². The third-order valence-corrected chi connectivity index (χ3v) is 5.10. The van der Waals surface area contributed by atoms with Crippen molar-refractivity contribution in [3.63, 3.8) is 0 Å². The molecule has 4 rings (SSSR count). The SMILES string of the molecule is OCCC(CNc1ccc2nnc(-c3cc(Cl)cc(Cl)c3)n2n1)c1ccccc1. The lowest BCUT2D eigenvalue weighted by atomic mass is 9.96. The lowest BCUT2D eigenvalue weighted by molar-refractivity contribution is 0.277. The molecule has 2 aromatic carbocycles. The molecule has 0 saturated carbocycles. The summed E-state index contributed by atoms with van der Waals surface area (Å²) in [6.07, 6.45) is 0.665. The van der Waals surface area contributed by atoms with Gasteiger partial charge >= 0.3 is 0 Å². The maximum absolute atomic E-state index is 9.43. The van der Waals surface area contributed by atoms with Crippen molar-refractivity contribution in [3.8, 4) is 11.4 Å². The molecule has 2 N–H and O–H groups in total. The van der Waals surface area contributed by atoms with Gasteiger partial charge in [0.15, 0.2) is 11.5 Å². The Morgan fingerprint density at radius 1 is 0.966 bits per heavy atom. The summed E-state index contributed by atoms with van der Waals surface area (Å²) in [6.45, 7) is 0.766. The lowest BCUT2D eigenvalue weighted by Crippen LogP contribution is -2.15. The molecule has 148 valence electrons. The zero-order valence-corrected chi connectivity index (χ0v) is 17.0.